The molecule has 0 saturated carbocycles. The van der Waals surface area contributed by atoms with Crippen molar-refractivity contribution in [1.82, 2.24) is 0 Å². The predicted octanol–water partition coefficient (Wildman–Crippen LogP) is 7.53. The molecule has 0 unspecified atom stereocenters. The maximum Gasteiger partial charge on any atom is 0.0674 e. The van der Waals surface area contributed by atoms with Crippen LogP contribution in [0.3, 0.4) is 0 Å². The van der Waals surface area contributed by atoms with Gasteiger partial charge in [0.25, 0.3) is 0 Å². The van der Waals surface area contributed by atoms with E-state index in [0.29, 0.717) is 5.69 Å². The maximum absolute atomic E-state index is 12.6. The van der Waals surface area contributed by atoms with Gasteiger partial charge in [-0.05, 0) is 60.4 Å². The van der Waals surface area contributed by atoms with E-state index in [1.807, 2.05) is 32.9 Å². The van der Waals surface area contributed by atoms with Crippen molar-refractivity contribution in [3.05, 3.63) is 71.3 Å². The summed E-state index contributed by atoms with van der Waals surface area (Å²) in [5.74, 6) is 0. The van der Waals surface area contributed by atoms with Crippen molar-refractivity contribution in [1.29, 1.82) is 0 Å². The molecule has 2 aromatic carbocycles. The number of allylic oxidation sites excluding steroid dienone is 1. The molecule has 151 valence electrons. The van der Waals surface area contributed by atoms with Gasteiger partial charge in [-0.1, -0.05) is 94.8 Å². The van der Waals surface area contributed by atoms with Crippen molar-refractivity contribution in [2.24, 2.45) is 10.8 Å². The third kappa shape index (κ3) is 5.05. The minimum absolute atomic E-state index is 0.0120. The van der Waals surface area contributed by atoms with Crippen molar-refractivity contribution >= 4 is 11.3 Å². The number of nitrogens with zero attached hydrogens (tertiary/aromatic N) is 1. The van der Waals surface area contributed by atoms with E-state index in [1.54, 1.807) is 0 Å². The van der Waals surface area contributed by atoms with E-state index in [4.69, 9.17) is 0 Å². The highest BCUT2D eigenvalue weighted by Crippen LogP contribution is 2.46. The first kappa shape index (κ1) is 22.2. The van der Waals surface area contributed by atoms with Gasteiger partial charge >= 0.3 is 0 Å². The Morgan fingerprint density at radius 3 is 1.46 bits per heavy atom. The summed E-state index contributed by atoms with van der Waals surface area (Å²) in [6.45, 7) is 19.5. The van der Waals surface area contributed by atoms with Gasteiger partial charge in [0.15, 0.2) is 0 Å². The zero-order valence-corrected chi connectivity index (χ0v) is 19.1. The van der Waals surface area contributed by atoms with Crippen molar-refractivity contribution in [3.63, 3.8) is 0 Å². The largest absolute Gasteiger partial charge is 0.215 e. The zero-order chi connectivity index (χ0) is 21.3. The Hall–Kier alpha value is -2.06. The predicted molar refractivity (Wildman–Crippen MR) is 121 cm³/mol. The first-order valence-corrected chi connectivity index (χ1v) is 10.1. The second kappa shape index (κ2) is 7.75. The van der Waals surface area contributed by atoms with Crippen LogP contribution < -0.4 is 5.06 Å². The second-order valence-electron chi connectivity index (χ2n) is 10.6. The number of anilines is 1. The van der Waals surface area contributed by atoms with Crippen LogP contribution >= 0.6 is 0 Å². The van der Waals surface area contributed by atoms with E-state index < -0.39 is 5.54 Å². The average molecular weight is 379 g/mol. The average Bonchev–Trinajstić information content (AvgIpc) is 2.57. The lowest BCUT2D eigenvalue weighted by molar-refractivity contribution is 0.102. The van der Waals surface area contributed by atoms with Crippen molar-refractivity contribution in [2.45, 2.75) is 67.9 Å². The number of hydrogen-bond acceptors (Lipinski definition) is 1. The molecule has 0 aliphatic rings. The molecular weight excluding hydrogens is 342 g/mol. The topological polar surface area (TPSA) is 23.1 Å². The van der Waals surface area contributed by atoms with E-state index in [-0.39, 0.29) is 10.8 Å². The van der Waals surface area contributed by atoms with Gasteiger partial charge in [0.2, 0.25) is 0 Å². The van der Waals surface area contributed by atoms with E-state index in [1.165, 1.54) is 16.7 Å². The molecule has 1 radical (unpaired) electrons. The number of rotatable bonds is 3. The van der Waals surface area contributed by atoms with Crippen LogP contribution in [-0.4, -0.2) is 5.54 Å². The van der Waals surface area contributed by atoms with Crippen LogP contribution in [0.5, 0.6) is 0 Å². The molecule has 0 N–H and O–H groups in total. The van der Waals surface area contributed by atoms with Gasteiger partial charge < -0.3 is 0 Å². The summed E-state index contributed by atoms with van der Waals surface area (Å²) in [4.78, 5) is 0. The maximum atomic E-state index is 12.6. The summed E-state index contributed by atoms with van der Waals surface area (Å²) in [6, 6.07) is 18.6. The Bertz CT molecular complexity index is 794. The van der Waals surface area contributed by atoms with Crippen LogP contribution in [0, 0.1) is 10.8 Å². The molecule has 2 aromatic rings. The fourth-order valence-electron chi connectivity index (χ4n) is 4.09. The van der Waals surface area contributed by atoms with Crippen LogP contribution in [0.25, 0.3) is 5.57 Å². The van der Waals surface area contributed by atoms with Crippen LogP contribution in [0.1, 0.15) is 73.4 Å². The highest BCUT2D eigenvalue weighted by Gasteiger charge is 2.32. The summed E-state index contributed by atoms with van der Waals surface area (Å²) in [5.41, 5.74) is 5.30. The molecular formula is C26H36NO. The third-order valence-corrected chi connectivity index (χ3v) is 4.81. The summed E-state index contributed by atoms with van der Waals surface area (Å²) in [5, 5.41) is 13.7. The Labute approximate surface area is 171 Å². The molecule has 0 aliphatic heterocycles. The zero-order valence-electron chi connectivity index (χ0n) is 19.1. The van der Waals surface area contributed by atoms with E-state index in [2.05, 4.69) is 84.0 Å². The smallest absolute Gasteiger partial charge is 0.0674 e. The molecule has 0 bridgehead atoms. The molecule has 2 nitrogen and oxygen atoms in total. The lowest BCUT2D eigenvalue weighted by atomic mass is 9.67. The Morgan fingerprint density at radius 1 is 0.643 bits per heavy atom. The van der Waals surface area contributed by atoms with Gasteiger partial charge in [-0.2, -0.15) is 0 Å². The Kier molecular flexibility index (Phi) is 6.16. The molecule has 0 fully saturated rings. The van der Waals surface area contributed by atoms with E-state index in [9.17, 15) is 5.21 Å². The molecule has 2 heteroatoms. The minimum Gasteiger partial charge on any atom is -0.215 e. The van der Waals surface area contributed by atoms with Crippen molar-refractivity contribution < 1.29 is 5.21 Å². The van der Waals surface area contributed by atoms with Crippen LogP contribution in [0.4, 0.5) is 5.69 Å². The van der Waals surface area contributed by atoms with Gasteiger partial charge in [0, 0.05) is 0 Å². The lowest BCUT2D eigenvalue weighted by Crippen LogP contribution is -2.37. The Balaban J connectivity index is 2.73. The fourth-order valence-corrected chi connectivity index (χ4v) is 4.09. The highest BCUT2D eigenvalue weighted by molar-refractivity contribution is 5.84. The van der Waals surface area contributed by atoms with Crippen molar-refractivity contribution in [3.8, 4) is 0 Å². The van der Waals surface area contributed by atoms with Gasteiger partial charge in [0.1, 0.15) is 0 Å². The number of hydrogen-bond donors (Lipinski definition) is 0. The highest BCUT2D eigenvalue weighted by atomic mass is 16.5. The first-order valence-electron chi connectivity index (χ1n) is 10.1. The molecule has 0 amide bonds. The monoisotopic (exact) mass is 378 g/mol. The molecule has 0 saturated heterocycles. The van der Waals surface area contributed by atoms with Crippen LogP contribution in [-0.2, 0) is 5.21 Å². The third-order valence-electron chi connectivity index (χ3n) is 4.81. The molecule has 0 atom stereocenters. The molecule has 0 spiro atoms. The normalized spacial score (nSPS) is 12.6. The molecule has 2 rings (SSSR count). The standard InChI is InChI=1S/C26H36NO/c1-24(2,3)23(25(4,5)6)22(19-13-11-10-12-14-19)20-15-17-21(18-16-20)27(28)26(7,8)9/h10-18H,1-9H3. The van der Waals surface area contributed by atoms with Crippen LogP contribution in [0.2, 0.25) is 0 Å². The van der Waals surface area contributed by atoms with E-state index >= 15 is 0 Å². The summed E-state index contributed by atoms with van der Waals surface area (Å²) in [7, 11) is 0. The molecule has 0 heterocycles. The fraction of sp³-hybridized carbons (Fsp3) is 0.462. The first-order chi connectivity index (χ1) is 12.7. The van der Waals surface area contributed by atoms with Crippen molar-refractivity contribution in [2.75, 3.05) is 5.06 Å². The van der Waals surface area contributed by atoms with Gasteiger partial charge in [0.05, 0.1) is 11.2 Å². The minimum atomic E-state index is -0.457. The molecule has 28 heavy (non-hydrogen) atoms. The number of hydroxylamine groups is 1. The molecule has 0 aliphatic carbocycles. The molecule has 0 aromatic heterocycles. The number of benzene rings is 2. The summed E-state index contributed by atoms with van der Waals surface area (Å²) in [6.07, 6.45) is 0. The lowest BCUT2D eigenvalue weighted by Gasteiger charge is -2.37. The Morgan fingerprint density at radius 2 is 1.07 bits per heavy atom. The summed E-state index contributed by atoms with van der Waals surface area (Å²) < 4.78 is 0. The van der Waals surface area contributed by atoms with Gasteiger partial charge in [-0.15, -0.1) is 0 Å². The second-order valence-corrected chi connectivity index (χ2v) is 10.6. The van der Waals surface area contributed by atoms with Gasteiger partial charge in [-0.3, -0.25) is 0 Å². The summed E-state index contributed by atoms with van der Waals surface area (Å²) >= 11 is 0. The van der Waals surface area contributed by atoms with E-state index in [0.717, 1.165) is 10.6 Å². The van der Waals surface area contributed by atoms with Gasteiger partial charge in [-0.25, -0.2) is 5.06 Å². The van der Waals surface area contributed by atoms with Crippen LogP contribution in [0.15, 0.2) is 60.2 Å². The SMILES string of the molecule is CC(C)(C)C(=C(c1ccccc1)c1ccc(N([O])C(C)(C)C)cc1)C(C)(C)C. The quantitative estimate of drug-likeness (QED) is 0.506.